The van der Waals surface area contributed by atoms with E-state index in [0.717, 1.165) is 5.56 Å². The predicted octanol–water partition coefficient (Wildman–Crippen LogP) is 2.39. The van der Waals surface area contributed by atoms with E-state index in [1.165, 1.54) is 14.2 Å². The van der Waals surface area contributed by atoms with Crippen molar-refractivity contribution in [3.63, 3.8) is 0 Å². The lowest BCUT2D eigenvalue weighted by Crippen LogP contribution is -2.34. The SMILES string of the molecule is COC(=O)C(C(=O)OC)[C@@H](C)[C@H](C)c1ccccc1. The van der Waals surface area contributed by atoms with E-state index in [9.17, 15) is 9.59 Å². The maximum Gasteiger partial charge on any atom is 0.320 e. The Morgan fingerprint density at radius 3 is 1.84 bits per heavy atom. The van der Waals surface area contributed by atoms with Gasteiger partial charge in [-0.05, 0) is 17.4 Å². The molecule has 0 aliphatic rings. The van der Waals surface area contributed by atoms with Crippen molar-refractivity contribution in [3.8, 4) is 0 Å². The molecule has 1 aromatic carbocycles. The molecule has 0 aromatic heterocycles. The first-order chi connectivity index (χ1) is 9.02. The van der Waals surface area contributed by atoms with Gasteiger partial charge in [-0.1, -0.05) is 44.2 Å². The molecule has 0 aliphatic heterocycles. The average molecular weight is 264 g/mol. The van der Waals surface area contributed by atoms with Crippen LogP contribution in [-0.4, -0.2) is 26.2 Å². The lowest BCUT2D eigenvalue weighted by Gasteiger charge is -2.25. The van der Waals surface area contributed by atoms with Gasteiger partial charge in [-0.2, -0.15) is 0 Å². The summed E-state index contributed by atoms with van der Waals surface area (Å²) in [6.07, 6.45) is 0. The Labute approximate surface area is 113 Å². The summed E-state index contributed by atoms with van der Waals surface area (Å²) in [4.78, 5) is 23.5. The van der Waals surface area contributed by atoms with E-state index in [-0.39, 0.29) is 11.8 Å². The zero-order valence-electron chi connectivity index (χ0n) is 11.8. The third-order valence-corrected chi connectivity index (χ3v) is 3.55. The fourth-order valence-electron chi connectivity index (χ4n) is 2.13. The number of rotatable bonds is 5. The van der Waals surface area contributed by atoms with Crippen molar-refractivity contribution < 1.29 is 19.1 Å². The van der Waals surface area contributed by atoms with Crippen molar-refractivity contribution in [1.29, 1.82) is 0 Å². The summed E-state index contributed by atoms with van der Waals surface area (Å²) >= 11 is 0. The van der Waals surface area contributed by atoms with Gasteiger partial charge in [0, 0.05) is 0 Å². The van der Waals surface area contributed by atoms with E-state index in [4.69, 9.17) is 9.47 Å². The number of carbonyl (C=O) groups is 2. The smallest absolute Gasteiger partial charge is 0.320 e. The highest BCUT2D eigenvalue weighted by atomic mass is 16.5. The third-order valence-electron chi connectivity index (χ3n) is 3.55. The summed E-state index contributed by atoms with van der Waals surface area (Å²) in [6, 6.07) is 9.76. The first-order valence-electron chi connectivity index (χ1n) is 6.23. The molecule has 0 bridgehead atoms. The van der Waals surface area contributed by atoms with Gasteiger partial charge in [0.15, 0.2) is 5.92 Å². The highest BCUT2D eigenvalue weighted by molar-refractivity contribution is 5.95. The molecule has 0 amide bonds. The van der Waals surface area contributed by atoms with Gasteiger partial charge in [-0.3, -0.25) is 9.59 Å². The van der Waals surface area contributed by atoms with Crippen LogP contribution in [0.15, 0.2) is 30.3 Å². The lowest BCUT2D eigenvalue weighted by molar-refractivity contribution is -0.161. The second kappa shape index (κ2) is 6.92. The molecule has 0 heterocycles. The van der Waals surface area contributed by atoms with E-state index in [2.05, 4.69) is 0 Å². The van der Waals surface area contributed by atoms with Crippen LogP contribution < -0.4 is 0 Å². The Kier molecular flexibility index (Phi) is 5.55. The van der Waals surface area contributed by atoms with Crippen LogP contribution in [0.25, 0.3) is 0 Å². The van der Waals surface area contributed by atoms with Crippen LogP contribution in [0, 0.1) is 11.8 Å². The summed E-state index contributed by atoms with van der Waals surface area (Å²) < 4.78 is 9.41. The van der Waals surface area contributed by atoms with Crippen LogP contribution in [0.4, 0.5) is 0 Å². The molecule has 4 heteroatoms. The fourth-order valence-corrected chi connectivity index (χ4v) is 2.13. The molecule has 19 heavy (non-hydrogen) atoms. The molecule has 0 spiro atoms. The van der Waals surface area contributed by atoms with E-state index < -0.39 is 17.9 Å². The Hall–Kier alpha value is -1.84. The molecule has 1 aromatic rings. The lowest BCUT2D eigenvalue weighted by atomic mass is 9.80. The number of ether oxygens (including phenoxy) is 2. The molecule has 0 N–H and O–H groups in total. The van der Waals surface area contributed by atoms with Crippen LogP contribution in [-0.2, 0) is 19.1 Å². The third kappa shape index (κ3) is 3.56. The van der Waals surface area contributed by atoms with Gasteiger partial charge in [0.2, 0.25) is 0 Å². The normalized spacial score (nSPS) is 13.7. The second-order valence-electron chi connectivity index (χ2n) is 4.58. The van der Waals surface area contributed by atoms with Gasteiger partial charge in [0.1, 0.15) is 0 Å². The van der Waals surface area contributed by atoms with Gasteiger partial charge in [-0.25, -0.2) is 0 Å². The number of methoxy groups -OCH3 is 2. The monoisotopic (exact) mass is 264 g/mol. The van der Waals surface area contributed by atoms with E-state index in [1.54, 1.807) is 0 Å². The minimum Gasteiger partial charge on any atom is -0.468 e. The zero-order chi connectivity index (χ0) is 14.4. The molecule has 0 unspecified atom stereocenters. The van der Waals surface area contributed by atoms with Gasteiger partial charge < -0.3 is 9.47 Å². The molecule has 0 aliphatic carbocycles. The van der Waals surface area contributed by atoms with Crippen molar-refractivity contribution in [2.24, 2.45) is 11.8 Å². The molecule has 0 radical (unpaired) electrons. The van der Waals surface area contributed by atoms with Crippen molar-refractivity contribution in [1.82, 2.24) is 0 Å². The van der Waals surface area contributed by atoms with Crippen molar-refractivity contribution in [2.75, 3.05) is 14.2 Å². The molecular weight excluding hydrogens is 244 g/mol. The maximum atomic E-state index is 11.8. The first-order valence-corrected chi connectivity index (χ1v) is 6.23. The predicted molar refractivity (Wildman–Crippen MR) is 71.5 cm³/mol. The molecule has 0 fully saturated rings. The Morgan fingerprint density at radius 1 is 0.947 bits per heavy atom. The zero-order valence-corrected chi connectivity index (χ0v) is 11.8. The van der Waals surface area contributed by atoms with Gasteiger partial charge in [-0.15, -0.1) is 0 Å². The summed E-state index contributed by atoms with van der Waals surface area (Å²) in [6.45, 7) is 3.84. The highest BCUT2D eigenvalue weighted by Crippen LogP contribution is 2.31. The minimum atomic E-state index is -0.898. The average Bonchev–Trinajstić information content (AvgIpc) is 2.46. The summed E-state index contributed by atoms with van der Waals surface area (Å²) in [5, 5.41) is 0. The first kappa shape index (κ1) is 15.2. The summed E-state index contributed by atoms with van der Waals surface area (Å²) in [7, 11) is 2.55. The number of esters is 2. The Morgan fingerprint density at radius 2 is 1.42 bits per heavy atom. The topological polar surface area (TPSA) is 52.6 Å². The molecular formula is C15H20O4. The van der Waals surface area contributed by atoms with Crippen LogP contribution in [0.5, 0.6) is 0 Å². The molecule has 104 valence electrons. The number of benzene rings is 1. The minimum absolute atomic E-state index is 0.0457. The highest BCUT2D eigenvalue weighted by Gasteiger charge is 2.37. The molecule has 1 rings (SSSR count). The Balaban J connectivity index is 2.96. The largest absolute Gasteiger partial charge is 0.468 e. The summed E-state index contributed by atoms with van der Waals surface area (Å²) in [5.74, 6) is -2.17. The van der Waals surface area contributed by atoms with E-state index in [0.29, 0.717) is 0 Å². The molecule has 0 saturated carbocycles. The fraction of sp³-hybridized carbons (Fsp3) is 0.467. The standard InChI is InChI=1S/C15H20O4/c1-10(12-8-6-5-7-9-12)11(2)13(14(16)18-3)15(17)19-4/h5-11,13H,1-4H3/t10-,11-/m0/s1. The van der Waals surface area contributed by atoms with Gasteiger partial charge in [0.05, 0.1) is 14.2 Å². The van der Waals surface area contributed by atoms with E-state index >= 15 is 0 Å². The Bertz CT molecular complexity index is 411. The second-order valence-corrected chi connectivity index (χ2v) is 4.58. The molecule has 2 atom stereocenters. The quantitative estimate of drug-likeness (QED) is 0.605. The maximum absolute atomic E-state index is 11.8. The van der Waals surface area contributed by atoms with Crippen LogP contribution >= 0.6 is 0 Å². The van der Waals surface area contributed by atoms with Crippen molar-refractivity contribution >= 4 is 11.9 Å². The molecule has 0 saturated heterocycles. The number of carbonyl (C=O) groups excluding carboxylic acids is 2. The van der Waals surface area contributed by atoms with Crippen LogP contribution in [0.2, 0.25) is 0 Å². The molecule has 4 nitrogen and oxygen atoms in total. The van der Waals surface area contributed by atoms with Crippen molar-refractivity contribution in [2.45, 2.75) is 19.8 Å². The van der Waals surface area contributed by atoms with Crippen molar-refractivity contribution in [3.05, 3.63) is 35.9 Å². The summed E-state index contributed by atoms with van der Waals surface area (Å²) in [5.41, 5.74) is 1.08. The van der Waals surface area contributed by atoms with Gasteiger partial charge >= 0.3 is 11.9 Å². The number of hydrogen-bond acceptors (Lipinski definition) is 4. The van der Waals surface area contributed by atoms with Gasteiger partial charge in [0.25, 0.3) is 0 Å². The van der Waals surface area contributed by atoms with Crippen LogP contribution in [0.3, 0.4) is 0 Å². The number of hydrogen-bond donors (Lipinski definition) is 0. The van der Waals surface area contributed by atoms with E-state index in [1.807, 2.05) is 44.2 Å². The van der Waals surface area contributed by atoms with Crippen LogP contribution in [0.1, 0.15) is 25.3 Å².